The van der Waals surface area contributed by atoms with Crippen LogP contribution in [0.3, 0.4) is 0 Å². The number of fused-ring (bicyclic) bond motifs is 1. The van der Waals surface area contributed by atoms with Crippen molar-refractivity contribution in [2.75, 3.05) is 7.05 Å². The number of amides is 1. The Morgan fingerprint density at radius 1 is 1.00 bits per heavy atom. The Kier molecular flexibility index (Phi) is 5.02. The van der Waals surface area contributed by atoms with E-state index in [0.29, 0.717) is 6.42 Å². The molecule has 0 saturated carbocycles. The average Bonchev–Trinajstić information content (AvgIpc) is 3.17. The zero-order chi connectivity index (χ0) is 19.5. The van der Waals surface area contributed by atoms with Gasteiger partial charge in [-0.05, 0) is 23.6 Å². The quantitative estimate of drug-likeness (QED) is 0.632. The highest BCUT2D eigenvalue weighted by Gasteiger charge is 2.31. The molecule has 1 aliphatic heterocycles. The minimum atomic E-state index is -0.390. The second-order valence-corrected chi connectivity index (χ2v) is 7.04. The number of carbonyl (C=O) groups excluding carboxylic acids is 1. The molecule has 0 fully saturated rings. The van der Waals surface area contributed by atoms with Gasteiger partial charge in [0.25, 0.3) is 0 Å². The van der Waals surface area contributed by atoms with Gasteiger partial charge in [-0.1, -0.05) is 72.8 Å². The van der Waals surface area contributed by atoms with Crippen LogP contribution in [0.4, 0.5) is 4.79 Å². The molecule has 0 N–H and O–H groups in total. The molecule has 1 unspecified atom stereocenters. The van der Waals surface area contributed by atoms with E-state index in [0.717, 1.165) is 28.0 Å². The number of aryl methyl sites for hydroxylation is 1. The minimum absolute atomic E-state index is 0.248. The van der Waals surface area contributed by atoms with Crippen molar-refractivity contribution in [3.63, 3.8) is 0 Å². The van der Waals surface area contributed by atoms with E-state index in [1.54, 1.807) is 7.05 Å². The number of benzene rings is 3. The summed E-state index contributed by atoms with van der Waals surface area (Å²) in [6.45, 7) is 2.34. The van der Waals surface area contributed by atoms with E-state index in [2.05, 4.69) is 31.2 Å². The highest BCUT2D eigenvalue weighted by molar-refractivity contribution is 5.76. The van der Waals surface area contributed by atoms with Gasteiger partial charge in [-0.15, -0.1) is 0 Å². The SMILES string of the molecule is Cc1ccccc1-c1cccc2c1OC(N(C)C(=O)OCc1ccccc1)C2. The summed E-state index contributed by atoms with van der Waals surface area (Å²) in [7, 11) is 1.72. The maximum absolute atomic E-state index is 12.5. The first-order valence-corrected chi connectivity index (χ1v) is 9.41. The maximum Gasteiger partial charge on any atom is 0.412 e. The third-order valence-electron chi connectivity index (χ3n) is 5.11. The van der Waals surface area contributed by atoms with Crippen molar-refractivity contribution in [2.45, 2.75) is 26.2 Å². The number of carbonyl (C=O) groups is 1. The zero-order valence-corrected chi connectivity index (χ0v) is 16.1. The van der Waals surface area contributed by atoms with Crippen LogP contribution in [0.15, 0.2) is 72.8 Å². The number of hydrogen-bond donors (Lipinski definition) is 0. The lowest BCUT2D eigenvalue weighted by atomic mass is 9.97. The Morgan fingerprint density at radius 2 is 1.71 bits per heavy atom. The molecule has 3 aromatic rings. The smallest absolute Gasteiger partial charge is 0.412 e. The largest absolute Gasteiger partial charge is 0.469 e. The van der Waals surface area contributed by atoms with Gasteiger partial charge in [0, 0.05) is 24.6 Å². The zero-order valence-electron chi connectivity index (χ0n) is 16.1. The van der Waals surface area contributed by atoms with Crippen LogP contribution in [-0.4, -0.2) is 24.3 Å². The summed E-state index contributed by atoms with van der Waals surface area (Å²) in [5.74, 6) is 0.851. The van der Waals surface area contributed by atoms with Gasteiger partial charge in [-0.2, -0.15) is 0 Å². The topological polar surface area (TPSA) is 38.8 Å². The first kappa shape index (κ1) is 18.1. The van der Waals surface area contributed by atoms with Gasteiger partial charge in [-0.25, -0.2) is 4.79 Å². The lowest BCUT2D eigenvalue weighted by Crippen LogP contribution is -2.40. The van der Waals surface area contributed by atoms with Crippen LogP contribution < -0.4 is 4.74 Å². The van der Waals surface area contributed by atoms with E-state index >= 15 is 0 Å². The number of ether oxygens (including phenoxy) is 2. The molecule has 1 heterocycles. The molecular weight excluding hydrogens is 350 g/mol. The predicted molar refractivity (Wildman–Crippen MR) is 109 cm³/mol. The fraction of sp³-hybridized carbons (Fsp3) is 0.208. The molecule has 1 amide bonds. The van der Waals surface area contributed by atoms with Crippen LogP contribution in [0.1, 0.15) is 16.7 Å². The average molecular weight is 373 g/mol. The van der Waals surface area contributed by atoms with Crippen LogP contribution in [0, 0.1) is 6.92 Å². The predicted octanol–water partition coefficient (Wildman–Crippen LogP) is 5.19. The Morgan fingerprint density at radius 3 is 2.50 bits per heavy atom. The highest BCUT2D eigenvalue weighted by Crippen LogP contribution is 2.40. The van der Waals surface area contributed by atoms with Crippen LogP contribution in [-0.2, 0) is 17.8 Å². The highest BCUT2D eigenvalue weighted by atomic mass is 16.6. The third-order valence-corrected chi connectivity index (χ3v) is 5.11. The summed E-state index contributed by atoms with van der Waals surface area (Å²) < 4.78 is 11.6. The van der Waals surface area contributed by atoms with Gasteiger partial charge in [0.2, 0.25) is 0 Å². The molecule has 4 rings (SSSR count). The Hall–Kier alpha value is -3.27. The number of hydrogen-bond acceptors (Lipinski definition) is 3. The van der Waals surface area contributed by atoms with Crippen LogP contribution in [0.25, 0.3) is 11.1 Å². The summed E-state index contributed by atoms with van der Waals surface area (Å²) in [5, 5.41) is 0. The fourth-order valence-corrected chi connectivity index (χ4v) is 3.49. The van der Waals surface area contributed by atoms with E-state index < -0.39 is 0 Å². The third kappa shape index (κ3) is 3.58. The summed E-state index contributed by atoms with van der Waals surface area (Å²) in [6.07, 6.45) is -0.117. The van der Waals surface area contributed by atoms with Crippen LogP contribution in [0.5, 0.6) is 5.75 Å². The summed E-state index contributed by atoms with van der Waals surface area (Å²) >= 11 is 0. The Balaban J connectivity index is 1.48. The first-order valence-electron chi connectivity index (χ1n) is 9.41. The minimum Gasteiger partial charge on any atom is -0.469 e. The summed E-state index contributed by atoms with van der Waals surface area (Å²) in [6, 6.07) is 24.1. The lowest BCUT2D eigenvalue weighted by Gasteiger charge is -2.23. The van der Waals surface area contributed by atoms with Crippen molar-refractivity contribution in [3.8, 4) is 16.9 Å². The molecule has 4 nitrogen and oxygen atoms in total. The van der Waals surface area contributed by atoms with Gasteiger partial charge in [0.15, 0.2) is 6.23 Å². The molecule has 0 radical (unpaired) electrons. The molecule has 0 saturated heterocycles. The Bertz CT molecular complexity index is 984. The van der Waals surface area contributed by atoms with Crippen molar-refractivity contribution in [2.24, 2.45) is 0 Å². The van der Waals surface area contributed by atoms with Gasteiger partial charge >= 0.3 is 6.09 Å². The molecule has 1 atom stereocenters. The second kappa shape index (κ2) is 7.77. The first-order chi connectivity index (χ1) is 13.6. The number of nitrogens with zero attached hydrogens (tertiary/aromatic N) is 1. The number of likely N-dealkylation sites (N-methyl/N-ethyl adjacent to an activating group) is 1. The number of para-hydroxylation sites is 1. The molecule has 0 aliphatic carbocycles. The van der Waals surface area contributed by atoms with Gasteiger partial charge in [0.1, 0.15) is 12.4 Å². The maximum atomic E-state index is 12.5. The Labute approximate surface area is 165 Å². The van der Waals surface area contributed by atoms with Crippen LogP contribution in [0.2, 0.25) is 0 Å². The standard InChI is InChI=1S/C24H23NO3/c1-17-9-6-7-13-20(17)21-14-8-12-19-15-22(28-23(19)21)25(2)24(26)27-16-18-10-4-3-5-11-18/h3-14,22H,15-16H2,1-2H3. The lowest BCUT2D eigenvalue weighted by molar-refractivity contribution is 0.0376. The molecule has 0 spiro atoms. The van der Waals surface area contributed by atoms with Gasteiger partial charge < -0.3 is 9.47 Å². The van der Waals surface area contributed by atoms with E-state index in [-0.39, 0.29) is 18.9 Å². The second-order valence-electron chi connectivity index (χ2n) is 7.04. The fourth-order valence-electron chi connectivity index (χ4n) is 3.49. The van der Waals surface area contributed by atoms with E-state index in [9.17, 15) is 4.79 Å². The molecule has 0 bridgehead atoms. The van der Waals surface area contributed by atoms with E-state index in [4.69, 9.17) is 9.47 Å². The van der Waals surface area contributed by atoms with E-state index in [1.807, 2.05) is 48.5 Å². The molecule has 1 aliphatic rings. The molecular formula is C24H23NO3. The van der Waals surface area contributed by atoms with Crippen molar-refractivity contribution < 1.29 is 14.3 Å². The van der Waals surface area contributed by atoms with Crippen molar-refractivity contribution in [1.82, 2.24) is 4.90 Å². The van der Waals surface area contributed by atoms with Crippen LogP contribution >= 0.6 is 0 Å². The summed E-state index contributed by atoms with van der Waals surface area (Å²) in [4.78, 5) is 14.0. The van der Waals surface area contributed by atoms with Gasteiger partial charge in [-0.3, -0.25) is 4.90 Å². The normalized spacial score (nSPS) is 14.9. The molecule has 3 aromatic carbocycles. The molecule has 28 heavy (non-hydrogen) atoms. The molecule has 4 heteroatoms. The van der Waals surface area contributed by atoms with Crippen molar-refractivity contribution >= 4 is 6.09 Å². The number of rotatable bonds is 4. The van der Waals surface area contributed by atoms with Crippen molar-refractivity contribution in [1.29, 1.82) is 0 Å². The van der Waals surface area contributed by atoms with Gasteiger partial charge in [0.05, 0.1) is 0 Å². The monoisotopic (exact) mass is 373 g/mol. The molecule has 0 aromatic heterocycles. The molecule has 142 valence electrons. The van der Waals surface area contributed by atoms with E-state index in [1.165, 1.54) is 10.5 Å². The summed E-state index contributed by atoms with van der Waals surface area (Å²) in [5.41, 5.74) is 5.47. The van der Waals surface area contributed by atoms with Crippen molar-refractivity contribution in [3.05, 3.63) is 89.5 Å².